The van der Waals surface area contributed by atoms with E-state index in [9.17, 15) is 14.4 Å². The molecule has 4 aliphatic carbocycles. The van der Waals surface area contributed by atoms with Crippen molar-refractivity contribution in [2.45, 2.75) is 50.5 Å². The summed E-state index contributed by atoms with van der Waals surface area (Å²) >= 11 is 0. The van der Waals surface area contributed by atoms with Gasteiger partial charge >= 0.3 is 11.9 Å². The lowest BCUT2D eigenvalue weighted by molar-refractivity contribution is -0.219. The topological polar surface area (TPSA) is 87.5 Å². The van der Waals surface area contributed by atoms with Crippen molar-refractivity contribution in [3.05, 3.63) is 17.5 Å². The Balaban J connectivity index is 1.44. The molecule has 1 unspecified atom stereocenters. The van der Waals surface area contributed by atoms with Crippen LogP contribution in [0.4, 0.5) is 0 Å². The van der Waals surface area contributed by atoms with Gasteiger partial charge in [0.15, 0.2) is 0 Å². The number of hydrogen-bond donors (Lipinski definition) is 0. The van der Waals surface area contributed by atoms with E-state index in [1.165, 1.54) is 14.2 Å². The van der Waals surface area contributed by atoms with E-state index in [1.54, 1.807) is 0 Å². The number of carbonyl (C=O) groups is 3. The zero-order valence-corrected chi connectivity index (χ0v) is 14.5. The number of carbonyl (C=O) groups excluding carboxylic acids is 3. The van der Waals surface area contributed by atoms with Gasteiger partial charge in [0.05, 0.1) is 30.9 Å². The Bertz CT molecular complexity index is 746. The molecule has 0 saturated heterocycles. The molecular weight excluding hydrogens is 324 g/mol. The van der Waals surface area contributed by atoms with Crippen LogP contribution in [0.1, 0.15) is 43.4 Å². The summed E-state index contributed by atoms with van der Waals surface area (Å²) in [6.07, 6.45) is 6.34. The molecule has 0 spiro atoms. The molecule has 5 rings (SSSR count). The Labute approximate surface area is 145 Å². The lowest BCUT2D eigenvalue weighted by Crippen LogP contribution is -2.71. The third-order valence-corrected chi connectivity index (χ3v) is 6.18. The molecule has 1 atom stereocenters. The number of aryl methyl sites for hydroxylation is 1. The molecule has 0 amide bonds. The van der Waals surface area contributed by atoms with Crippen LogP contribution in [0.15, 0.2) is 6.20 Å². The number of rotatable bonds is 5. The van der Waals surface area contributed by atoms with Crippen LogP contribution in [0.25, 0.3) is 0 Å². The van der Waals surface area contributed by atoms with Gasteiger partial charge < -0.3 is 9.47 Å². The molecule has 7 heteroatoms. The minimum absolute atomic E-state index is 0.0446. The summed E-state index contributed by atoms with van der Waals surface area (Å²) in [4.78, 5) is 35.4. The average molecular weight is 346 g/mol. The molecule has 25 heavy (non-hydrogen) atoms. The van der Waals surface area contributed by atoms with E-state index in [4.69, 9.17) is 9.84 Å². The van der Waals surface area contributed by atoms with Crippen LogP contribution in [-0.2, 0) is 42.2 Å². The van der Waals surface area contributed by atoms with Crippen LogP contribution in [-0.4, -0.2) is 41.7 Å². The molecule has 0 aromatic carbocycles. The summed E-state index contributed by atoms with van der Waals surface area (Å²) in [6, 6.07) is 0. The zero-order valence-electron chi connectivity index (χ0n) is 14.5. The number of nitrogens with zero attached hydrogens (tertiary/aromatic N) is 2. The second kappa shape index (κ2) is 5.41. The Kier molecular flexibility index (Phi) is 3.53. The van der Waals surface area contributed by atoms with Gasteiger partial charge in [-0.1, -0.05) is 0 Å². The number of ether oxygens (including phenoxy) is 2. The van der Waals surface area contributed by atoms with Crippen LogP contribution >= 0.6 is 0 Å². The van der Waals surface area contributed by atoms with Crippen molar-refractivity contribution in [2.24, 2.45) is 11.3 Å². The molecule has 0 N–H and O–H groups in total. The molecule has 0 radical (unpaired) electrons. The first-order valence-corrected chi connectivity index (χ1v) is 8.67. The number of Topliss-reactive ketones (excluding diaryl/α,β-unsaturated/α-hetero) is 1. The standard InChI is InChI=1S/C18H22N2O5/c1-24-15(22)6-14(21)11-3-4-13-12(5-11)7-20(19-13)18-8-17(9-18,10-18)16(23)25-2/h7,11H,3-6,8-10H2,1-2H3. The molecule has 2 bridgehead atoms. The molecule has 3 fully saturated rings. The Morgan fingerprint density at radius 2 is 1.96 bits per heavy atom. The molecule has 1 heterocycles. The molecule has 134 valence electrons. The molecule has 7 nitrogen and oxygen atoms in total. The summed E-state index contributed by atoms with van der Waals surface area (Å²) < 4.78 is 11.5. The van der Waals surface area contributed by atoms with Gasteiger partial charge in [0.2, 0.25) is 0 Å². The first-order valence-electron chi connectivity index (χ1n) is 8.67. The molecule has 4 aliphatic rings. The predicted molar refractivity (Wildman–Crippen MR) is 85.7 cm³/mol. The Hall–Kier alpha value is -2.18. The van der Waals surface area contributed by atoms with Crippen LogP contribution in [0, 0.1) is 11.3 Å². The van der Waals surface area contributed by atoms with E-state index < -0.39 is 5.97 Å². The first kappa shape index (κ1) is 16.3. The fourth-order valence-electron chi connectivity index (χ4n) is 4.79. The maximum absolute atomic E-state index is 12.2. The molecular formula is C18H22N2O5. The fourth-order valence-corrected chi connectivity index (χ4v) is 4.79. The molecule has 3 saturated carbocycles. The zero-order chi connectivity index (χ0) is 17.8. The number of esters is 2. The normalized spacial score (nSPS) is 32.0. The van der Waals surface area contributed by atoms with Gasteiger partial charge in [-0.3, -0.25) is 19.1 Å². The van der Waals surface area contributed by atoms with Crippen LogP contribution in [0.5, 0.6) is 0 Å². The maximum atomic E-state index is 12.2. The number of aromatic nitrogens is 2. The quantitative estimate of drug-likeness (QED) is 0.587. The monoisotopic (exact) mass is 346 g/mol. The van der Waals surface area contributed by atoms with Crippen molar-refractivity contribution in [1.29, 1.82) is 0 Å². The Morgan fingerprint density at radius 1 is 1.24 bits per heavy atom. The summed E-state index contributed by atoms with van der Waals surface area (Å²) in [5.74, 6) is -0.785. The number of hydrogen-bond acceptors (Lipinski definition) is 6. The van der Waals surface area contributed by atoms with Gasteiger partial charge in [-0.25, -0.2) is 0 Å². The largest absolute Gasteiger partial charge is 0.469 e. The maximum Gasteiger partial charge on any atom is 0.313 e. The van der Waals surface area contributed by atoms with Gasteiger partial charge in [0.25, 0.3) is 0 Å². The van der Waals surface area contributed by atoms with E-state index in [1.807, 2.05) is 10.9 Å². The SMILES string of the molecule is COC(=O)CC(=O)C1CCc2nn(C34CC(C(=O)OC)(C3)C4)cc2C1. The van der Waals surface area contributed by atoms with Gasteiger partial charge in [0.1, 0.15) is 12.2 Å². The molecule has 0 aliphatic heterocycles. The van der Waals surface area contributed by atoms with Crippen molar-refractivity contribution in [1.82, 2.24) is 9.78 Å². The van der Waals surface area contributed by atoms with E-state index in [0.29, 0.717) is 6.42 Å². The third-order valence-electron chi connectivity index (χ3n) is 6.18. The first-order chi connectivity index (χ1) is 11.9. The highest BCUT2D eigenvalue weighted by Gasteiger charge is 2.74. The average Bonchev–Trinajstić information content (AvgIpc) is 2.94. The van der Waals surface area contributed by atoms with Crippen LogP contribution in [0.3, 0.4) is 0 Å². The summed E-state index contributed by atoms with van der Waals surface area (Å²) in [5, 5.41) is 4.73. The molecule has 1 aromatic heterocycles. The number of fused-ring (bicyclic) bond motifs is 1. The van der Waals surface area contributed by atoms with Gasteiger partial charge in [-0.2, -0.15) is 5.10 Å². The second-order valence-corrected chi connectivity index (χ2v) is 7.73. The lowest BCUT2D eigenvalue weighted by Gasteiger charge is -2.67. The van der Waals surface area contributed by atoms with Crippen molar-refractivity contribution >= 4 is 17.7 Å². The minimum Gasteiger partial charge on any atom is -0.469 e. The van der Waals surface area contributed by atoms with Crippen molar-refractivity contribution in [3.8, 4) is 0 Å². The highest BCUT2D eigenvalue weighted by molar-refractivity contribution is 5.97. The van der Waals surface area contributed by atoms with E-state index in [2.05, 4.69) is 4.74 Å². The van der Waals surface area contributed by atoms with Gasteiger partial charge in [-0.05, 0) is 44.1 Å². The van der Waals surface area contributed by atoms with Crippen molar-refractivity contribution in [2.75, 3.05) is 14.2 Å². The third kappa shape index (κ3) is 2.32. The van der Waals surface area contributed by atoms with Gasteiger partial charge in [0, 0.05) is 12.1 Å². The van der Waals surface area contributed by atoms with E-state index >= 15 is 0 Å². The summed E-state index contributed by atoms with van der Waals surface area (Å²) in [6.45, 7) is 0. The smallest absolute Gasteiger partial charge is 0.313 e. The lowest BCUT2D eigenvalue weighted by atomic mass is 9.39. The summed E-state index contributed by atoms with van der Waals surface area (Å²) in [7, 11) is 2.73. The van der Waals surface area contributed by atoms with E-state index in [-0.39, 0.29) is 35.0 Å². The highest BCUT2D eigenvalue weighted by atomic mass is 16.5. The van der Waals surface area contributed by atoms with Crippen molar-refractivity contribution < 1.29 is 23.9 Å². The molecule has 1 aromatic rings. The van der Waals surface area contributed by atoms with Gasteiger partial charge in [-0.15, -0.1) is 0 Å². The van der Waals surface area contributed by atoms with Crippen molar-refractivity contribution in [3.63, 3.8) is 0 Å². The highest BCUT2D eigenvalue weighted by Crippen LogP contribution is 2.71. The summed E-state index contributed by atoms with van der Waals surface area (Å²) in [5.41, 5.74) is 1.79. The van der Waals surface area contributed by atoms with Crippen LogP contribution in [0.2, 0.25) is 0 Å². The fraction of sp³-hybridized carbons (Fsp3) is 0.667. The number of methoxy groups -OCH3 is 2. The van der Waals surface area contributed by atoms with Crippen LogP contribution < -0.4 is 0 Å². The second-order valence-electron chi connectivity index (χ2n) is 7.73. The minimum atomic E-state index is -0.478. The number of ketones is 1. The predicted octanol–water partition coefficient (Wildman–Crippen LogP) is 1.17. The Morgan fingerprint density at radius 3 is 2.60 bits per heavy atom. The van der Waals surface area contributed by atoms with E-state index in [0.717, 1.165) is 43.4 Å².